The number of nitrogens with two attached hydrogens (primary N) is 1. The van der Waals surface area contributed by atoms with Crippen LogP contribution in [0.5, 0.6) is 0 Å². The lowest BCUT2D eigenvalue weighted by molar-refractivity contribution is -0.122. The molecule has 0 spiro atoms. The molecule has 1 aliphatic heterocycles. The molecule has 0 bridgehead atoms. The Morgan fingerprint density at radius 2 is 1.96 bits per heavy atom. The lowest BCUT2D eigenvalue weighted by Crippen LogP contribution is -2.28. The molecule has 0 aromatic heterocycles. The smallest absolute Gasteiger partial charge is 0.229 e. The van der Waals surface area contributed by atoms with Gasteiger partial charge in [-0.15, -0.1) is 0 Å². The number of carbonyl (C=O) groups is 2. The highest BCUT2D eigenvalue weighted by molar-refractivity contribution is 6.03. The Kier molecular flexibility index (Phi) is 5.79. The number of nitrogen functional groups attached to an aromatic ring is 1. The maximum Gasteiger partial charge on any atom is 0.229 e. The van der Waals surface area contributed by atoms with Crippen molar-refractivity contribution in [2.24, 2.45) is 5.92 Å². The summed E-state index contributed by atoms with van der Waals surface area (Å²) in [4.78, 5) is 26.8. The van der Waals surface area contributed by atoms with E-state index < -0.39 is 0 Å². The van der Waals surface area contributed by atoms with Crippen molar-refractivity contribution in [3.63, 3.8) is 0 Å². The van der Waals surface area contributed by atoms with Crippen LogP contribution in [0.2, 0.25) is 0 Å². The van der Waals surface area contributed by atoms with Gasteiger partial charge in [0.25, 0.3) is 0 Å². The molecule has 3 rings (SSSR count). The monoisotopic (exact) mass is 365 g/mol. The van der Waals surface area contributed by atoms with E-state index in [1.165, 1.54) is 5.56 Å². The molecule has 1 saturated heterocycles. The molecule has 1 unspecified atom stereocenters. The number of rotatable bonds is 6. The van der Waals surface area contributed by atoms with Crippen LogP contribution in [0.25, 0.3) is 0 Å². The standard InChI is InChI=1S/C22H27N3O2/c1-3-4-5-16-7-10-19(11-8-16)25-14-17(12-21(25)26)22(27)24-20-13-18(23)9-6-15(20)2/h6-11,13,17H,3-5,12,14,23H2,1-2H3,(H,24,27). The highest BCUT2D eigenvalue weighted by atomic mass is 16.2. The molecular formula is C22H27N3O2. The fourth-order valence-corrected chi connectivity index (χ4v) is 3.37. The molecule has 1 atom stereocenters. The SMILES string of the molecule is CCCCc1ccc(N2CC(C(=O)Nc3cc(N)ccc3C)CC2=O)cc1. The van der Waals surface area contributed by atoms with E-state index in [9.17, 15) is 9.59 Å². The average molecular weight is 365 g/mol. The van der Waals surface area contributed by atoms with Crippen LogP contribution >= 0.6 is 0 Å². The van der Waals surface area contributed by atoms with Crippen LogP contribution in [-0.4, -0.2) is 18.4 Å². The number of carbonyl (C=O) groups excluding carboxylic acids is 2. The third kappa shape index (κ3) is 4.48. The van der Waals surface area contributed by atoms with Crippen molar-refractivity contribution >= 4 is 28.9 Å². The fourth-order valence-electron chi connectivity index (χ4n) is 3.37. The van der Waals surface area contributed by atoms with E-state index >= 15 is 0 Å². The first-order valence-electron chi connectivity index (χ1n) is 9.54. The van der Waals surface area contributed by atoms with Gasteiger partial charge in [0.15, 0.2) is 0 Å². The van der Waals surface area contributed by atoms with Crippen molar-refractivity contribution in [2.45, 2.75) is 39.5 Å². The second-order valence-corrected chi connectivity index (χ2v) is 7.24. The lowest BCUT2D eigenvalue weighted by atomic mass is 10.1. The molecule has 3 N–H and O–H groups in total. The highest BCUT2D eigenvalue weighted by Gasteiger charge is 2.35. The molecule has 5 nitrogen and oxygen atoms in total. The van der Waals surface area contributed by atoms with E-state index in [1.807, 2.05) is 25.1 Å². The first-order chi connectivity index (χ1) is 13.0. The van der Waals surface area contributed by atoms with Crippen LogP contribution in [0.3, 0.4) is 0 Å². The van der Waals surface area contributed by atoms with E-state index in [1.54, 1.807) is 17.0 Å². The summed E-state index contributed by atoms with van der Waals surface area (Å²) in [6, 6.07) is 13.5. The fraction of sp³-hybridized carbons (Fsp3) is 0.364. The Morgan fingerprint density at radius 1 is 1.22 bits per heavy atom. The van der Waals surface area contributed by atoms with Gasteiger partial charge < -0.3 is 16.0 Å². The lowest BCUT2D eigenvalue weighted by Gasteiger charge is -2.17. The maximum atomic E-state index is 12.6. The van der Waals surface area contributed by atoms with Crippen LogP contribution in [0.15, 0.2) is 42.5 Å². The third-order valence-electron chi connectivity index (χ3n) is 5.08. The molecule has 0 aliphatic carbocycles. The molecular weight excluding hydrogens is 338 g/mol. The number of aryl methyl sites for hydroxylation is 2. The predicted molar refractivity (Wildman–Crippen MR) is 110 cm³/mol. The van der Waals surface area contributed by atoms with Crippen LogP contribution in [-0.2, 0) is 16.0 Å². The summed E-state index contributed by atoms with van der Waals surface area (Å²) < 4.78 is 0. The summed E-state index contributed by atoms with van der Waals surface area (Å²) >= 11 is 0. The van der Waals surface area contributed by atoms with Crippen molar-refractivity contribution in [1.29, 1.82) is 0 Å². The number of amides is 2. The molecule has 27 heavy (non-hydrogen) atoms. The summed E-state index contributed by atoms with van der Waals surface area (Å²) in [6.07, 6.45) is 3.60. The predicted octanol–water partition coefficient (Wildman–Crippen LogP) is 3.91. The molecule has 142 valence electrons. The maximum absolute atomic E-state index is 12.6. The Hall–Kier alpha value is -2.82. The molecule has 1 fully saturated rings. The Morgan fingerprint density at radius 3 is 2.67 bits per heavy atom. The number of nitrogens with one attached hydrogen (secondary N) is 1. The minimum Gasteiger partial charge on any atom is -0.399 e. The third-order valence-corrected chi connectivity index (χ3v) is 5.08. The zero-order valence-electron chi connectivity index (χ0n) is 16.0. The Balaban J connectivity index is 1.66. The van der Waals surface area contributed by atoms with Crippen molar-refractivity contribution in [2.75, 3.05) is 22.5 Å². The van der Waals surface area contributed by atoms with Crippen LogP contribution in [0, 0.1) is 12.8 Å². The zero-order valence-corrected chi connectivity index (χ0v) is 16.0. The molecule has 1 heterocycles. The summed E-state index contributed by atoms with van der Waals surface area (Å²) in [7, 11) is 0. The van der Waals surface area contributed by atoms with E-state index in [2.05, 4.69) is 24.4 Å². The van der Waals surface area contributed by atoms with Crippen LogP contribution < -0.4 is 16.0 Å². The van der Waals surface area contributed by atoms with Gasteiger partial charge in [0.2, 0.25) is 11.8 Å². The van der Waals surface area contributed by atoms with Gasteiger partial charge >= 0.3 is 0 Å². The molecule has 5 heteroatoms. The van der Waals surface area contributed by atoms with Gasteiger partial charge in [0.1, 0.15) is 0 Å². The number of benzene rings is 2. The first-order valence-corrected chi connectivity index (χ1v) is 9.54. The van der Waals surface area contributed by atoms with E-state index in [4.69, 9.17) is 5.73 Å². The van der Waals surface area contributed by atoms with Gasteiger partial charge in [-0.3, -0.25) is 9.59 Å². The van der Waals surface area contributed by atoms with Crippen molar-refractivity contribution in [3.8, 4) is 0 Å². The van der Waals surface area contributed by atoms with E-state index in [0.29, 0.717) is 17.9 Å². The molecule has 2 aromatic carbocycles. The van der Waals surface area contributed by atoms with Crippen LogP contribution in [0.1, 0.15) is 37.3 Å². The number of nitrogens with zero attached hydrogens (tertiary/aromatic N) is 1. The van der Waals surface area contributed by atoms with Crippen molar-refractivity contribution < 1.29 is 9.59 Å². The minimum absolute atomic E-state index is 0.0132. The number of hydrogen-bond acceptors (Lipinski definition) is 3. The zero-order chi connectivity index (χ0) is 19.4. The summed E-state index contributed by atoms with van der Waals surface area (Å²) in [5, 5.41) is 2.92. The van der Waals surface area contributed by atoms with Gasteiger partial charge in [-0.1, -0.05) is 31.5 Å². The molecule has 0 saturated carbocycles. The first kappa shape index (κ1) is 19.0. The number of anilines is 3. The highest BCUT2D eigenvalue weighted by Crippen LogP contribution is 2.27. The minimum atomic E-state index is -0.363. The topological polar surface area (TPSA) is 75.4 Å². The number of unbranched alkanes of at least 4 members (excludes halogenated alkanes) is 1. The second kappa shape index (κ2) is 8.25. The van der Waals surface area contributed by atoms with E-state index in [0.717, 1.165) is 30.5 Å². The summed E-state index contributed by atoms with van der Waals surface area (Å²) in [5.74, 6) is -0.516. The quantitative estimate of drug-likeness (QED) is 0.762. The van der Waals surface area contributed by atoms with Crippen molar-refractivity contribution in [1.82, 2.24) is 0 Å². The Labute approximate surface area is 160 Å². The number of hydrogen-bond donors (Lipinski definition) is 2. The molecule has 2 amide bonds. The van der Waals surface area contributed by atoms with Gasteiger partial charge in [-0.05, 0) is 55.2 Å². The van der Waals surface area contributed by atoms with Crippen molar-refractivity contribution in [3.05, 3.63) is 53.6 Å². The summed E-state index contributed by atoms with van der Waals surface area (Å²) in [6.45, 7) is 4.50. The Bertz CT molecular complexity index is 830. The van der Waals surface area contributed by atoms with Crippen LogP contribution in [0.4, 0.5) is 17.1 Å². The van der Waals surface area contributed by atoms with Gasteiger partial charge in [-0.2, -0.15) is 0 Å². The van der Waals surface area contributed by atoms with Gasteiger partial charge in [0, 0.05) is 30.0 Å². The van der Waals surface area contributed by atoms with E-state index in [-0.39, 0.29) is 24.2 Å². The second-order valence-electron chi connectivity index (χ2n) is 7.24. The van der Waals surface area contributed by atoms with Gasteiger partial charge in [0.05, 0.1) is 5.92 Å². The average Bonchev–Trinajstić information content (AvgIpc) is 3.05. The molecule has 1 aliphatic rings. The molecule has 2 aromatic rings. The normalized spacial score (nSPS) is 16.6. The summed E-state index contributed by atoms with van der Waals surface area (Å²) in [5.41, 5.74) is 10.2. The van der Waals surface area contributed by atoms with Gasteiger partial charge in [-0.25, -0.2) is 0 Å². The molecule has 0 radical (unpaired) electrons. The largest absolute Gasteiger partial charge is 0.399 e.